The van der Waals surface area contributed by atoms with E-state index in [1.807, 2.05) is 60.8 Å². The zero-order valence-corrected chi connectivity index (χ0v) is 20.1. The van der Waals surface area contributed by atoms with E-state index in [0.29, 0.717) is 21.5 Å². The molecule has 4 rings (SSSR count). The molecular formula is C25H23N3O4S2. The van der Waals surface area contributed by atoms with E-state index in [4.69, 9.17) is 27.2 Å². The zero-order chi connectivity index (χ0) is 24.1. The van der Waals surface area contributed by atoms with Crippen molar-refractivity contribution in [1.29, 1.82) is 0 Å². The molecule has 1 aliphatic heterocycles. The predicted octanol–water partition coefficient (Wildman–Crippen LogP) is 5.00. The van der Waals surface area contributed by atoms with Crippen molar-refractivity contribution in [1.82, 2.24) is 14.7 Å². The molecule has 2 aromatic carbocycles. The van der Waals surface area contributed by atoms with Crippen LogP contribution >= 0.6 is 24.0 Å². The fraction of sp³-hybridized carbons (Fsp3) is 0.200. The number of hydrogen-bond donors (Lipinski definition) is 1. The van der Waals surface area contributed by atoms with E-state index < -0.39 is 5.97 Å². The molecule has 2 heterocycles. The molecule has 9 heteroatoms. The number of hydrogen-bond acceptors (Lipinski definition) is 6. The summed E-state index contributed by atoms with van der Waals surface area (Å²) in [6, 6.07) is 17.4. The minimum atomic E-state index is -0.976. The zero-order valence-electron chi connectivity index (χ0n) is 18.5. The van der Waals surface area contributed by atoms with Gasteiger partial charge in [0.05, 0.1) is 29.3 Å². The summed E-state index contributed by atoms with van der Waals surface area (Å²) in [4.78, 5) is 25.6. The maximum Gasteiger partial charge on any atom is 0.305 e. The second kappa shape index (κ2) is 10.7. The van der Waals surface area contributed by atoms with Gasteiger partial charge in [-0.2, -0.15) is 5.10 Å². The van der Waals surface area contributed by atoms with Crippen molar-refractivity contribution in [3.63, 3.8) is 0 Å². The Morgan fingerprint density at radius 2 is 1.91 bits per heavy atom. The Labute approximate surface area is 207 Å². The standard InChI is InChI=1S/C25H23N3O4S2/c1-2-14-32-20-10-8-17(9-11-20)23-18(16-28(26-23)19-6-4-3-5-7-19)15-21-24(31)27(25(33)34-21)13-12-22(29)30/h3-11,15-16H,2,12-14H2,1H3,(H,29,30). The Morgan fingerprint density at radius 1 is 1.18 bits per heavy atom. The second-order valence-corrected chi connectivity index (χ2v) is 9.24. The minimum Gasteiger partial charge on any atom is -0.494 e. The molecule has 1 N–H and O–H groups in total. The van der Waals surface area contributed by atoms with Crippen LogP contribution in [0.2, 0.25) is 0 Å². The molecular weight excluding hydrogens is 470 g/mol. The summed E-state index contributed by atoms with van der Waals surface area (Å²) in [5.74, 6) is -0.484. The average molecular weight is 494 g/mol. The molecule has 1 aromatic heterocycles. The Bertz CT molecular complexity index is 1240. The Balaban J connectivity index is 1.70. The lowest BCUT2D eigenvalue weighted by molar-refractivity contribution is -0.137. The molecule has 0 radical (unpaired) electrons. The third kappa shape index (κ3) is 5.37. The van der Waals surface area contributed by atoms with Gasteiger partial charge in [-0.25, -0.2) is 4.68 Å². The summed E-state index contributed by atoms with van der Waals surface area (Å²) in [5.41, 5.74) is 3.23. The first-order valence-corrected chi connectivity index (χ1v) is 12.0. The van der Waals surface area contributed by atoms with Gasteiger partial charge in [-0.3, -0.25) is 14.5 Å². The van der Waals surface area contributed by atoms with Crippen LogP contribution in [0, 0.1) is 0 Å². The Hall–Kier alpha value is -3.43. The van der Waals surface area contributed by atoms with Crippen LogP contribution in [-0.2, 0) is 9.59 Å². The molecule has 3 aromatic rings. The van der Waals surface area contributed by atoms with E-state index in [-0.39, 0.29) is 18.9 Å². The topological polar surface area (TPSA) is 84.7 Å². The predicted molar refractivity (Wildman–Crippen MR) is 137 cm³/mol. The van der Waals surface area contributed by atoms with E-state index in [1.54, 1.807) is 10.8 Å². The lowest BCUT2D eigenvalue weighted by Gasteiger charge is -2.12. The number of para-hydroxylation sites is 1. The van der Waals surface area contributed by atoms with Crippen molar-refractivity contribution >= 4 is 46.3 Å². The number of rotatable bonds is 9. The molecule has 174 valence electrons. The minimum absolute atomic E-state index is 0.0483. The number of amides is 1. The third-order valence-corrected chi connectivity index (χ3v) is 6.45. The van der Waals surface area contributed by atoms with Crippen LogP contribution in [0.5, 0.6) is 5.75 Å². The Morgan fingerprint density at radius 3 is 2.59 bits per heavy atom. The van der Waals surface area contributed by atoms with Crippen molar-refractivity contribution in [2.75, 3.05) is 13.2 Å². The molecule has 0 spiro atoms. The van der Waals surface area contributed by atoms with Crippen molar-refractivity contribution in [3.05, 3.63) is 71.3 Å². The highest BCUT2D eigenvalue weighted by Gasteiger charge is 2.32. The Kier molecular flexibility index (Phi) is 7.44. The van der Waals surface area contributed by atoms with Gasteiger partial charge < -0.3 is 9.84 Å². The van der Waals surface area contributed by atoms with E-state index in [9.17, 15) is 9.59 Å². The summed E-state index contributed by atoms with van der Waals surface area (Å²) < 4.78 is 7.81. The van der Waals surface area contributed by atoms with Gasteiger partial charge in [0.1, 0.15) is 10.1 Å². The number of aromatic nitrogens is 2. The van der Waals surface area contributed by atoms with Crippen LogP contribution in [0.1, 0.15) is 25.3 Å². The van der Waals surface area contributed by atoms with Crippen molar-refractivity contribution in [2.24, 2.45) is 0 Å². The number of ether oxygens (including phenoxy) is 1. The number of aliphatic carboxylic acids is 1. The molecule has 1 saturated heterocycles. The largest absolute Gasteiger partial charge is 0.494 e. The van der Waals surface area contributed by atoms with Crippen molar-refractivity contribution in [3.8, 4) is 22.7 Å². The average Bonchev–Trinajstić information content (AvgIpc) is 3.38. The highest BCUT2D eigenvalue weighted by Crippen LogP contribution is 2.35. The molecule has 0 saturated carbocycles. The first-order chi connectivity index (χ1) is 16.5. The number of carbonyl (C=O) groups excluding carboxylic acids is 1. The number of carbonyl (C=O) groups is 2. The van der Waals surface area contributed by atoms with E-state index in [1.165, 1.54) is 16.7 Å². The quantitative estimate of drug-likeness (QED) is 0.332. The lowest BCUT2D eigenvalue weighted by Crippen LogP contribution is -2.30. The number of thiocarbonyl (C=S) groups is 1. The number of carboxylic acid groups (broad SMARTS) is 1. The first-order valence-electron chi connectivity index (χ1n) is 10.8. The summed E-state index contributed by atoms with van der Waals surface area (Å²) in [7, 11) is 0. The maximum atomic E-state index is 12.9. The fourth-order valence-electron chi connectivity index (χ4n) is 3.40. The molecule has 7 nitrogen and oxygen atoms in total. The fourth-order valence-corrected chi connectivity index (χ4v) is 4.70. The normalized spacial score (nSPS) is 14.7. The molecule has 0 atom stereocenters. The molecule has 0 aliphatic carbocycles. The molecule has 0 unspecified atom stereocenters. The molecule has 1 aliphatic rings. The van der Waals surface area contributed by atoms with E-state index in [2.05, 4.69) is 6.92 Å². The van der Waals surface area contributed by atoms with Gasteiger partial charge in [0.2, 0.25) is 0 Å². The van der Waals surface area contributed by atoms with Crippen LogP contribution in [-0.4, -0.2) is 49.1 Å². The summed E-state index contributed by atoms with van der Waals surface area (Å²) >= 11 is 6.49. The summed E-state index contributed by atoms with van der Waals surface area (Å²) in [5, 5.41) is 13.8. The van der Waals surface area contributed by atoms with Crippen LogP contribution in [0.3, 0.4) is 0 Å². The van der Waals surface area contributed by atoms with Gasteiger partial charge in [0.15, 0.2) is 0 Å². The van der Waals surface area contributed by atoms with Crippen LogP contribution in [0.15, 0.2) is 65.7 Å². The molecule has 34 heavy (non-hydrogen) atoms. The first kappa shape index (κ1) is 23.7. The molecule has 1 amide bonds. The molecule has 0 bridgehead atoms. The third-order valence-electron chi connectivity index (χ3n) is 5.07. The number of nitrogens with zero attached hydrogens (tertiary/aromatic N) is 3. The van der Waals surface area contributed by atoms with E-state index >= 15 is 0 Å². The second-order valence-electron chi connectivity index (χ2n) is 7.56. The monoisotopic (exact) mass is 493 g/mol. The molecule has 1 fully saturated rings. The number of benzene rings is 2. The van der Waals surface area contributed by atoms with Gasteiger partial charge in [-0.15, -0.1) is 0 Å². The SMILES string of the molecule is CCCOc1ccc(-c2nn(-c3ccccc3)cc2C=C2SC(=S)N(CCC(=O)O)C2=O)cc1. The van der Waals surface area contributed by atoms with Crippen molar-refractivity contribution in [2.45, 2.75) is 19.8 Å². The van der Waals surface area contributed by atoms with Gasteiger partial charge in [-0.05, 0) is 48.9 Å². The van der Waals surface area contributed by atoms with Crippen LogP contribution < -0.4 is 4.74 Å². The maximum absolute atomic E-state index is 12.9. The smallest absolute Gasteiger partial charge is 0.305 e. The van der Waals surface area contributed by atoms with Gasteiger partial charge in [0.25, 0.3) is 5.91 Å². The van der Waals surface area contributed by atoms with Gasteiger partial charge in [0, 0.05) is 23.9 Å². The number of carboxylic acids is 1. The van der Waals surface area contributed by atoms with Crippen LogP contribution in [0.4, 0.5) is 0 Å². The van der Waals surface area contributed by atoms with E-state index in [0.717, 1.165) is 29.0 Å². The van der Waals surface area contributed by atoms with Gasteiger partial charge >= 0.3 is 5.97 Å². The highest BCUT2D eigenvalue weighted by atomic mass is 32.2. The van der Waals surface area contributed by atoms with Crippen molar-refractivity contribution < 1.29 is 19.4 Å². The van der Waals surface area contributed by atoms with Gasteiger partial charge in [-0.1, -0.05) is 49.1 Å². The summed E-state index contributed by atoms with van der Waals surface area (Å²) in [6.07, 6.45) is 4.40. The highest BCUT2D eigenvalue weighted by molar-refractivity contribution is 8.26. The van der Waals surface area contributed by atoms with Crippen LogP contribution in [0.25, 0.3) is 23.0 Å². The number of thioether (sulfide) groups is 1. The summed E-state index contributed by atoms with van der Waals surface area (Å²) in [6.45, 7) is 2.75. The lowest BCUT2D eigenvalue weighted by atomic mass is 10.1.